The van der Waals surface area contributed by atoms with Crippen molar-refractivity contribution in [3.8, 4) is 5.75 Å². The monoisotopic (exact) mass is 369 g/mol. The smallest absolute Gasteiger partial charge is 0.287 e. The van der Waals surface area contributed by atoms with Crippen LogP contribution in [0.15, 0.2) is 16.5 Å². The van der Waals surface area contributed by atoms with Crippen LogP contribution in [-0.4, -0.2) is 23.8 Å². The van der Waals surface area contributed by atoms with Crippen molar-refractivity contribution in [3.05, 3.63) is 29.0 Å². The van der Waals surface area contributed by atoms with Crippen molar-refractivity contribution in [2.75, 3.05) is 6.54 Å². The zero-order valence-electron chi connectivity index (χ0n) is 16.3. The molecular weight excluding hydrogens is 342 g/mol. The molecule has 5 nitrogen and oxygen atoms in total. The third-order valence-electron chi connectivity index (χ3n) is 6.07. The van der Waals surface area contributed by atoms with Gasteiger partial charge in [0, 0.05) is 17.5 Å². The number of furan rings is 1. The van der Waals surface area contributed by atoms with Gasteiger partial charge in [-0.1, -0.05) is 13.8 Å². The minimum atomic E-state index is -0.358. The number of benzene rings is 1. The summed E-state index contributed by atoms with van der Waals surface area (Å²) in [6.45, 7) is 6.69. The van der Waals surface area contributed by atoms with Gasteiger partial charge < -0.3 is 14.5 Å². The van der Waals surface area contributed by atoms with Gasteiger partial charge >= 0.3 is 0 Å². The topological polar surface area (TPSA) is 68.5 Å². The molecule has 0 radical (unpaired) electrons. The summed E-state index contributed by atoms with van der Waals surface area (Å²) in [4.78, 5) is 25.5. The molecule has 5 heteroatoms. The second kappa shape index (κ2) is 6.70. The molecule has 1 aromatic carbocycles. The third-order valence-corrected chi connectivity index (χ3v) is 6.07. The summed E-state index contributed by atoms with van der Waals surface area (Å²) in [5, 5.41) is 3.56. The summed E-state index contributed by atoms with van der Waals surface area (Å²) in [6, 6.07) is 3.64. The van der Waals surface area contributed by atoms with Gasteiger partial charge in [0.25, 0.3) is 5.91 Å². The molecule has 2 heterocycles. The molecule has 1 N–H and O–H groups in total. The van der Waals surface area contributed by atoms with E-state index in [-0.39, 0.29) is 23.1 Å². The second-order valence-electron chi connectivity index (χ2n) is 8.19. The Hall–Kier alpha value is -2.30. The lowest BCUT2D eigenvalue weighted by Gasteiger charge is -2.42. The summed E-state index contributed by atoms with van der Waals surface area (Å²) < 4.78 is 12.2. The van der Waals surface area contributed by atoms with Crippen molar-refractivity contribution in [1.82, 2.24) is 5.32 Å². The first-order valence-corrected chi connectivity index (χ1v) is 10.0. The predicted octanol–water partition coefficient (Wildman–Crippen LogP) is 4.80. The number of carbonyl (C=O) groups is 2. The lowest BCUT2D eigenvalue weighted by atomic mass is 9.74. The number of fused-ring (bicyclic) bond motifs is 3. The molecule has 1 amide bonds. The van der Waals surface area contributed by atoms with Crippen molar-refractivity contribution < 1.29 is 18.7 Å². The molecule has 1 saturated carbocycles. The first-order valence-electron chi connectivity index (χ1n) is 10.0. The number of amides is 1. The first kappa shape index (κ1) is 18.1. The van der Waals surface area contributed by atoms with Crippen molar-refractivity contribution >= 4 is 22.7 Å². The standard InChI is InChI=1S/C22H27NO4/c1-4-11-23-21(25)20-14(3)18-16(26-20)5-6-17-19(18)15(24)12-22(27-17)9-7-13(2)8-10-22/h5-6,13H,4,7-12H2,1-3H3,(H,23,25). The average Bonchev–Trinajstić information content (AvgIpc) is 2.99. The Balaban J connectivity index is 1.74. The van der Waals surface area contributed by atoms with E-state index in [4.69, 9.17) is 9.15 Å². The Labute approximate surface area is 159 Å². The molecule has 1 fully saturated rings. The van der Waals surface area contributed by atoms with Gasteiger partial charge in [-0.3, -0.25) is 9.59 Å². The largest absolute Gasteiger partial charge is 0.486 e. The Bertz CT molecular complexity index is 903. The quantitative estimate of drug-likeness (QED) is 0.844. The second-order valence-corrected chi connectivity index (χ2v) is 8.19. The fraction of sp³-hybridized carbons (Fsp3) is 0.545. The SMILES string of the molecule is CCCNC(=O)c1oc2ccc3c(c2c1C)C(=O)CC1(CCC(C)CC1)O3. The fourth-order valence-electron chi connectivity index (χ4n) is 4.44. The van der Waals surface area contributed by atoms with Crippen LogP contribution in [0.25, 0.3) is 11.0 Å². The van der Waals surface area contributed by atoms with Crippen LogP contribution >= 0.6 is 0 Å². The number of rotatable bonds is 3. The van der Waals surface area contributed by atoms with Crippen LogP contribution in [0, 0.1) is 12.8 Å². The van der Waals surface area contributed by atoms with E-state index in [1.807, 2.05) is 26.0 Å². The van der Waals surface area contributed by atoms with Gasteiger partial charge in [0.15, 0.2) is 11.5 Å². The molecular formula is C22H27NO4. The van der Waals surface area contributed by atoms with Gasteiger partial charge in [-0.05, 0) is 57.1 Å². The lowest BCUT2D eigenvalue weighted by Crippen LogP contribution is -2.44. The molecule has 1 aliphatic heterocycles. The summed E-state index contributed by atoms with van der Waals surface area (Å²) in [6.07, 6.45) is 5.30. The molecule has 0 saturated heterocycles. The molecule has 144 valence electrons. The summed E-state index contributed by atoms with van der Waals surface area (Å²) in [5.74, 6) is 1.48. The molecule has 2 aromatic rings. The van der Waals surface area contributed by atoms with Crippen molar-refractivity contribution in [3.63, 3.8) is 0 Å². The molecule has 1 spiro atoms. The number of nitrogens with one attached hydrogen (secondary N) is 1. The fourth-order valence-corrected chi connectivity index (χ4v) is 4.44. The average molecular weight is 369 g/mol. The summed E-state index contributed by atoms with van der Waals surface area (Å²) >= 11 is 0. The normalized spacial score (nSPS) is 24.7. The molecule has 0 bridgehead atoms. The third kappa shape index (κ3) is 3.03. The molecule has 2 aliphatic rings. The van der Waals surface area contributed by atoms with Crippen molar-refractivity contribution in [2.45, 2.75) is 64.9 Å². The van der Waals surface area contributed by atoms with Crippen LogP contribution < -0.4 is 10.1 Å². The highest BCUT2D eigenvalue weighted by Crippen LogP contribution is 2.46. The summed E-state index contributed by atoms with van der Waals surface area (Å²) in [5.41, 5.74) is 1.50. The summed E-state index contributed by atoms with van der Waals surface area (Å²) in [7, 11) is 0. The number of Topliss-reactive ketones (excluding diaryl/α,β-unsaturated/α-hetero) is 1. The molecule has 0 atom stereocenters. The highest BCUT2D eigenvalue weighted by Gasteiger charge is 2.43. The number of hydrogen-bond acceptors (Lipinski definition) is 4. The van der Waals surface area contributed by atoms with Crippen molar-refractivity contribution in [1.29, 1.82) is 0 Å². The highest BCUT2D eigenvalue weighted by atomic mass is 16.5. The molecule has 4 rings (SSSR count). The number of aryl methyl sites for hydroxylation is 1. The lowest BCUT2D eigenvalue weighted by molar-refractivity contribution is 0.00430. The Morgan fingerprint density at radius 3 is 2.74 bits per heavy atom. The van der Waals surface area contributed by atoms with Crippen molar-refractivity contribution in [2.24, 2.45) is 5.92 Å². The van der Waals surface area contributed by atoms with E-state index in [1.165, 1.54) is 0 Å². The number of ketones is 1. The van der Waals surface area contributed by atoms with Gasteiger partial charge in [0.1, 0.15) is 16.9 Å². The maximum absolute atomic E-state index is 13.1. The highest BCUT2D eigenvalue weighted by molar-refractivity contribution is 6.13. The van der Waals surface area contributed by atoms with Crippen LogP contribution in [-0.2, 0) is 0 Å². The first-order chi connectivity index (χ1) is 12.9. The van der Waals surface area contributed by atoms with Gasteiger partial charge in [-0.2, -0.15) is 0 Å². The maximum Gasteiger partial charge on any atom is 0.287 e. The van der Waals surface area contributed by atoms with E-state index in [1.54, 1.807) is 0 Å². The Morgan fingerprint density at radius 1 is 1.30 bits per heavy atom. The Kier molecular flexibility index (Phi) is 4.49. The van der Waals surface area contributed by atoms with E-state index in [0.29, 0.717) is 41.3 Å². The van der Waals surface area contributed by atoms with Crippen LogP contribution in [0.1, 0.15) is 78.8 Å². The van der Waals surface area contributed by atoms with E-state index in [2.05, 4.69) is 12.2 Å². The van der Waals surface area contributed by atoms with Gasteiger partial charge in [0.2, 0.25) is 0 Å². The van der Waals surface area contributed by atoms with E-state index < -0.39 is 0 Å². The number of hydrogen-bond donors (Lipinski definition) is 1. The molecule has 27 heavy (non-hydrogen) atoms. The zero-order chi connectivity index (χ0) is 19.2. The van der Waals surface area contributed by atoms with Crippen LogP contribution in [0.3, 0.4) is 0 Å². The van der Waals surface area contributed by atoms with Crippen LogP contribution in [0.5, 0.6) is 5.75 Å². The minimum Gasteiger partial charge on any atom is -0.486 e. The van der Waals surface area contributed by atoms with Gasteiger partial charge in [-0.25, -0.2) is 0 Å². The van der Waals surface area contributed by atoms with Crippen LogP contribution in [0.2, 0.25) is 0 Å². The van der Waals surface area contributed by atoms with E-state index in [0.717, 1.165) is 37.5 Å². The molecule has 1 aliphatic carbocycles. The zero-order valence-corrected chi connectivity index (χ0v) is 16.3. The van der Waals surface area contributed by atoms with E-state index in [9.17, 15) is 9.59 Å². The van der Waals surface area contributed by atoms with E-state index >= 15 is 0 Å². The Morgan fingerprint density at radius 2 is 2.04 bits per heavy atom. The predicted molar refractivity (Wildman–Crippen MR) is 104 cm³/mol. The van der Waals surface area contributed by atoms with Gasteiger partial charge in [0.05, 0.1) is 12.0 Å². The molecule has 1 aromatic heterocycles. The number of carbonyl (C=O) groups excluding carboxylic acids is 2. The maximum atomic E-state index is 13.1. The van der Waals surface area contributed by atoms with Gasteiger partial charge in [-0.15, -0.1) is 0 Å². The minimum absolute atomic E-state index is 0.0980. The number of ether oxygens (including phenoxy) is 1. The van der Waals surface area contributed by atoms with Crippen LogP contribution in [0.4, 0.5) is 0 Å². The molecule has 0 unspecified atom stereocenters.